The Morgan fingerprint density at radius 2 is 0.484 bits per heavy atom. The van der Waals surface area contributed by atoms with E-state index in [2.05, 4.69) is 62.3 Å². The molecule has 0 aromatic heterocycles. The van der Waals surface area contributed by atoms with Crippen LogP contribution in [0.2, 0.25) is 0 Å². The van der Waals surface area contributed by atoms with Crippen molar-refractivity contribution in [1.82, 2.24) is 0 Å². The van der Waals surface area contributed by atoms with E-state index in [1.54, 1.807) is 17.8 Å². The van der Waals surface area contributed by atoms with Crippen molar-refractivity contribution in [3.63, 3.8) is 0 Å². The molecule has 3 aliphatic carbocycles. The minimum atomic E-state index is 0. The Balaban J connectivity index is 0.000000429. The summed E-state index contributed by atoms with van der Waals surface area (Å²) < 4.78 is 0. The van der Waals surface area contributed by atoms with Crippen LogP contribution >= 0.6 is 0 Å². The quantitative estimate of drug-likeness (QED) is 0.309. The molecule has 0 aromatic carbocycles. The maximum absolute atomic E-state index is 2.34. The first kappa shape index (κ1) is 31.5. The van der Waals surface area contributed by atoms with Crippen molar-refractivity contribution in [3.05, 3.63) is 17.8 Å². The van der Waals surface area contributed by atoms with Gasteiger partial charge in [0.1, 0.15) is 0 Å². The monoisotopic (exact) mass is 469 g/mol. The first-order chi connectivity index (χ1) is 13.8. The molecule has 0 nitrogen and oxygen atoms in total. The molecule has 0 spiro atoms. The Hall–Kier alpha value is 0.532. The van der Waals surface area contributed by atoms with E-state index in [1.165, 1.54) is 96.3 Å². The summed E-state index contributed by atoms with van der Waals surface area (Å²) in [6.45, 7) is 21.1. The number of hydrogen-bond donors (Lipinski definition) is 0. The van der Waals surface area contributed by atoms with Crippen molar-refractivity contribution in [3.8, 4) is 0 Å². The first-order valence-corrected chi connectivity index (χ1v) is 13.4. The summed E-state index contributed by atoms with van der Waals surface area (Å²) in [4.78, 5) is 0. The molecule has 3 fully saturated rings. The molecule has 1 radical (unpaired) electrons. The summed E-state index contributed by atoms with van der Waals surface area (Å²) >= 11 is 0. The zero-order chi connectivity index (χ0) is 22.8. The zero-order valence-electron chi connectivity index (χ0n) is 23.0. The molecule has 1 heteroatoms. The number of rotatable bonds is 0. The van der Waals surface area contributed by atoms with Crippen LogP contribution in [0.3, 0.4) is 0 Å². The molecule has 0 aromatic rings. The van der Waals surface area contributed by atoms with E-state index in [0.29, 0.717) is 16.2 Å². The summed E-state index contributed by atoms with van der Waals surface area (Å²) in [5, 5.41) is 0. The average Bonchev–Trinajstić information content (AvgIpc) is 2.69. The molecule has 0 heterocycles. The molecule has 0 bridgehead atoms. The second-order valence-corrected chi connectivity index (χ2v) is 13.2. The molecule has 3 aliphatic rings. The fourth-order valence-electron chi connectivity index (χ4n) is 5.19. The Bertz CT molecular complexity index is 346. The molecule has 0 saturated heterocycles. The van der Waals surface area contributed by atoms with E-state index in [0.717, 1.165) is 0 Å². The van der Waals surface area contributed by atoms with Crippen molar-refractivity contribution in [2.75, 3.05) is 0 Å². The molecule has 31 heavy (non-hydrogen) atoms. The summed E-state index contributed by atoms with van der Waals surface area (Å²) in [6.07, 6.45) is 21.4. The van der Waals surface area contributed by atoms with E-state index >= 15 is 0 Å². The fraction of sp³-hybridized carbons (Fsp3) is 0.900. The Labute approximate surface area is 209 Å². The van der Waals surface area contributed by atoms with Crippen molar-refractivity contribution >= 4 is 0 Å². The second-order valence-electron chi connectivity index (χ2n) is 13.2. The van der Waals surface area contributed by atoms with Gasteiger partial charge in [0.25, 0.3) is 0 Å². The predicted molar refractivity (Wildman–Crippen MR) is 137 cm³/mol. The van der Waals surface area contributed by atoms with Crippen molar-refractivity contribution < 1.29 is 17.4 Å². The minimum absolute atomic E-state index is 0. The van der Waals surface area contributed by atoms with E-state index < -0.39 is 0 Å². The van der Waals surface area contributed by atoms with Crippen LogP contribution in [0.5, 0.6) is 0 Å². The molecular weight excluding hydrogens is 412 g/mol. The molecule has 0 N–H and O–H groups in total. The van der Waals surface area contributed by atoms with Gasteiger partial charge in [0.2, 0.25) is 0 Å². The minimum Gasteiger partial charge on any atom is -0.308 e. The maximum atomic E-state index is 2.34. The summed E-state index contributed by atoms with van der Waals surface area (Å²) in [6, 6.07) is 0. The van der Waals surface area contributed by atoms with Gasteiger partial charge in [-0.2, -0.15) is 54.8 Å². The normalized spacial score (nSPS) is 22.4. The van der Waals surface area contributed by atoms with Crippen LogP contribution in [-0.2, 0) is 17.4 Å². The molecule has 0 unspecified atom stereocenters. The second kappa shape index (κ2) is 14.7. The van der Waals surface area contributed by atoms with Crippen LogP contribution in [0, 0.1) is 34.0 Å². The zero-order valence-corrected chi connectivity index (χ0v) is 24.3. The molecule has 3 saturated carbocycles. The Morgan fingerprint density at radius 3 is 0.581 bits per heavy atom. The standard InChI is InChI=1S/3C10H19.Cr/c3*1-10(2,3)9-7-5-4-6-8-9;/h3*4-8H2,1-3H3;/q3*-1;+3. The Morgan fingerprint density at radius 1 is 0.323 bits per heavy atom. The largest absolute Gasteiger partial charge is 3.00 e. The van der Waals surface area contributed by atoms with Crippen LogP contribution in [0.15, 0.2) is 0 Å². The SMILES string of the molecule is CC(C)(C)[C-]1CCCCC1.CC(C)(C)[C-]1CCCCC1.CC(C)(C)[C-]1CCCCC1.[Cr+3]. The van der Waals surface area contributed by atoms with Gasteiger partial charge in [-0.1, -0.05) is 120 Å². The molecule has 0 atom stereocenters. The average molecular weight is 470 g/mol. The van der Waals surface area contributed by atoms with Crippen LogP contribution in [-0.4, -0.2) is 0 Å². The molecule has 0 aliphatic heterocycles. The van der Waals surface area contributed by atoms with Gasteiger partial charge in [-0.25, -0.2) is 0 Å². The van der Waals surface area contributed by atoms with Gasteiger partial charge < -0.3 is 17.8 Å². The van der Waals surface area contributed by atoms with E-state index in [4.69, 9.17) is 0 Å². The first-order valence-electron chi connectivity index (χ1n) is 13.4. The van der Waals surface area contributed by atoms with Gasteiger partial charge in [0.05, 0.1) is 0 Å². The predicted octanol–water partition coefficient (Wildman–Crippen LogP) is 10.7. The van der Waals surface area contributed by atoms with E-state index in [1.807, 2.05) is 0 Å². The van der Waals surface area contributed by atoms with E-state index in [-0.39, 0.29) is 17.4 Å². The van der Waals surface area contributed by atoms with Crippen LogP contribution in [0.1, 0.15) is 159 Å². The van der Waals surface area contributed by atoms with Gasteiger partial charge >= 0.3 is 17.4 Å². The summed E-state index contributed by atoms with van der Waals surface area (Å²) in [5.74, 6) is 5.37. The third kappa shape index (κ3) is 13.7. The van der Waals surface area contributed by atoms with E-state index in [9.17, 15) is 0 Å². The van der Waals surface area contributed by atoms with Gasteiger partial charge in [-0.05, 0) is 0 Å². The maximum Gasteiger partial charge on any atom is 3.00 e. The molecule has 3 rings (SSSR count). The third-order valence-corrected chi connectivity index (χ3v) is 7.55. The van der Waals surface area contributed by atoms with Crippen LogP contribution in [0.25, 0.3) is 0 Å². The molecule has 0 amide bonds. The molecule has 183 valence electrons. The summed E-state index contributed by atoms with van der Waals surface area (Å²) in [5.41, 5.74) is 1.46. The summed E-state index contributed by atoms with van der Waals surface area (Å²) in [7, 11) is 0. The van der Waals surface area contributed by atoms with Crippen LogP contribution < -0.4 is 0 Å². The molecular formula is C30H57Cr. The van der Waals surface area contributed by atoms with Crippen LogP contribution in [0.4, 0.5) is 0 Å². The van der Waals surface area contributed by atoms with Gasteiger partial charge in [-0.3, -0.25) is 0 Å². The topological polar surface area (TPSA) is 0 Å². The van der Waals surface area contributed by atoms with Crippen molar-refractivity contribution in [2.24, 2.45) is 16.2 Å². The van der Waals surface area contributed by atoms with Crippen molar-refractivity contribution in [2.45, 2.75) is 159 Å². The number of hydrogen-bond acceptors (Lipinski definition) is 0. The van der Waals surface area contributed by atoms with Gasteiger partial charge in [-0.15, -0.1) is 0 Å². The third-order valence-electron chi connectivity index (χ3n) is 7.55. The smallest absolute Gasteiger partial charge is 0.308 e. The Kier molecular flexibility index (Phi) is 15.0. The fourth-order valence-corrected chi connectivity index (χ4v) is 5.19. The van der Waals surface area contributed by atoms with Crippen molar-refractivity contribution in [1.29, 1.82) is 0 Å². The van der Waals surface area contributed by atoms with Gasteiger partial charge in [0.15, 0.2) is 0 Å². The van der Waals surface area contributed by atoms with Gasteiger partial charge in [0, 0.05) is 0 Å².